The van der Waals surface area contributed by atoms with Crippen molar-refractivity contribution < 1.29 is 8.42 Å². The van der Waals surface area contributed by atoms with Crippen LogP contribution in [0, 0.1) is 0 Å². The molecular formula is C9H18N4O2S2. The van der Waals surface area contributed by atoms with Crippen molar-refractivity contribution in [3.05, 3.63) is 6.07 Å². The third-order valence-corrected chi connectivity index (χ3v) is 4.37. The van der Waals surface area contributed by atoms with Gasteiger partial charge in [0.1, 0.15) is 10.8 Å². The molecule has 0 saturated heterocycles. The summed E-state index contributed by atoms with van der Waals surface area (Å²) in [5.74, 6) is 0.504. The van der Waals surface area contributed by atoms with Gasteiger partial charge in [0, 0.05) is 25.7 Å². The second kappa shape index (κ2) is 6.18. The predicted molar refractivity (Wildman–Crippen MR) is 71.7 cm³/mol. The van der Waals surface area contributed by atoms with Gasteiger partial charge in [0.15, 0.2) is 0 Å². The van der Waals surface area contributed by atoms with Gasteiger partial charge in [0.25, 0.3) is 0 Å². The number of hydrogen-bond donors (Lipinski definition) is 2. The summed E-state index contributed by atoms with van der Waals surface area (Å²) in [4.78, 5) is 0. The van der Waals surface area contributed by atoms with E-state index in [2.05, 4.69) is 9.69 Å². The third kappa shape index (κ3) is 4.88. The molecule has 0 aliphatic carbocycles. The minimum atomic E-state index is -3.08. The maximum absolute atomic E-state index is 11.3. The molecule has 0 aromatic carbocycles. The lowest BCUT2D eigenvalue weighted by molar-refractivity contribution is 0.429. The summed E-state index contributed by atoms with van der Waals surface area (Å²) >= 11 is 1.30. The molecule has 0 spiro atoms. The fourth-order valence-corrected chi connectivity index (χ4v) is 2.92. The Morgan fingerprint density at radius 3 is 2.76 bits per heavy atom. The standard InChI is InChI=1S/C9H18N4O2S2/c1-3-13(17(2,14)15)6-4-5-11-9-7-8(10)12-16-9/h7,11H,3-6H2,1-2H3,(H2,10,12). The number of anilines is 2. The number of nitrogens with zero attached hydrogens (tertiary/aromatic N) is 2. The zero-order valence-electron chi connectivity index (χ0n) is 10.0. The minimum absolute atomic E-state index is 0.504. The molecule has 0 bridgehead atoms. The van der Waals surface area contributed by atoms with Crippen molar-refractivity contribution in [3.63, 3.8) is 0 Å². The van der Waals surface area contributed by atoms with Gasteiger partial charge in [-0.2, -0.15) is 4.37 Å². The van der Waals surface area contributed by atoms with Crippen molar-refractivity contribution in [3.8, 4) is 0 Å². The summed E-state index contributed by atoms with van der Waals surface area (Å²) < 4.78 is 28.0. The topological polar surface area (TPSA) is 88.3 Å². The number of hydrogen-bond acceptors (Lipinski definition) is 6. The molecule has 98 valence electrons. The minimum Gasteiger partial charge on any atom is -0.383 e. The Bertz CT molecular complexity index is 444. The number of nitrogens with one attached hydrogen (secondary N) is 1. The lowest BCUT2D eigenvalue weighted by Crippen LogP contribution is -2.31. The monoisotopic (exact) mass is 278 g/mol. The summed E-state index contributed by atoms with van der Waals surface area (Å²) in [6.07, 6.45) is 1.98. The molecule has 17 heavy (non-hydrogen) atoms. The molecule has 1 heterocycles. The van der Waals surface area contributed by atoms with Crippen LogP contribution >= 0.6 is 11.5 Å². The molecule has 1 aromatic rings. The molecule has 0 aliphatic heterocycles. The van der Waals surface area contributed by atoms with Crippen molar-refractivity contribution in [1.82, 2.24) is 8.68 Å². The smallest absolute Gasteiger partial charge is 0.211 e. The highest BCUT2D eigenvalue weighted by Gasteiger charge is 2.12. The molecule has 0 amide bonds. The number of aromatic nitrogens is 1. The van der Waals surface area contributed by atoms with E-state index in [4.69, 9.17) is 5.73 Å². The largest absolute Gasteiger partial charge is 0.383 e. The maximum atomic E-state index is 11.3. The summed E-state index contributed by atoms with van der Waals surface area (Å²) in [5.41, 5.74) is 5.48. The number of sulfonamides is 1. The zero-order valence-corrected chi connectivity index (χ0v) is 11.6. The molecule has 0 aliphatic rings. The Morgan fingerprint density at radius 2 is 2.29 bits per heavy atom. The van der Waals surface area contributed by atoms with Crippen LogP contribution in [-0.2, 0) is 10.0 Å². The Morgan fingerprint density at radius 1 is 1.59 bits per heavy atom. The molecule has 0 saturated carbocycles. The van der Waals surface area contributed by atoms with Crippen LogP contribution in [0.1, 0.15) is 13.3 Å². The second-order valence-electron chi connectivity index (χ2n) is 3.65. The summed E-state index contributed by atoms with van der Waals surface area (Å²) in [5, 5.41) is 4.06. The number of nitrogen functional groups attached to an aromatic ring is 1. The van der Waals surface area contributed by atoms with Gasteiger partial charge < -0.3 is 11.1 Å². The molecule has 0 unspecified atom stereocenters. The van der Waals surface area contributed by atoms with E-state index in [-0.39, 0.29) is 0 Å². The number of rotatable bonds is 7. The first kappa shape index (κ1) is 14.2. The Balaban J connectivity index is 2.28. The Hall–Kier alpha value is -0.860. The molecule has 8 heteroatoms. The SMILES string of the molecule is CCN(CCCNc1cc(N)ns1)S(C)(=O)=O. The van der Waals surface area contributed by atoms with E-state index in [0.717, 1.165) is 11.4 Å². The van der Waals surface area contributed by atoms with Crippen LogP contribution in [0.15, 0.2) is 6.07 Å². The normalized spacial score (nSPS) is 11.9. The fraction of sp³-hybridized carbons (Fsp3) is 0.667. The van der Waals surface area contributed by atoms with Crippen LogP contribution in [-0.4, -0.2) is 43.0 Å². The average molecular weight is 278 g/mol. The van der Waals surface area contributed by atoms with Crippen LogP contribution in [0.3, 0.4) is 0 Å². The van der Waals surface area contributed by atoms with E-state index < -0.39 is 10.0 Å². The Labute approximate surface area is 106 Å². The quantitative estimate of drug-likeness (QED) is 0.721. The molecule has 0 fully saturated rings. The van der Waals surface area contributed by atoms with E-state index >= 15 is 0 Å². The lowest BCUT2D eigenvalue weighted by atomic mass is 10.4. The summed E-state index contributed by atoms with van der Waals surface area (Å²) in [7, 11) is -3.08. The first-order valence-corrected chi connectivity index (χ1v) is 7.97. The second-order valence-corrected chi connectivity index (χ2v) is 6.44. The maximum Gasteiger partial charge on any atom is 0.211 e. The molecule has 1 rings (SSSR count). The Kier molecular flexibility index (Phi) is 5.16. The van der Waals surface area contributed by atoms with Gasteiger partial charge in [0.05, 0.1) is 6.26 Å². The van der Waals surface area contributed by atoms with E-state index in [1.807, 2.05) is 6.92 Å². The van der Waals surface area contributed by atoms with Crippen molar-refractivity contribution in [2.75, 3.05) is 36.9 Å². The molecule has 3 N–H and O–H groups in total. The highest BCUT2D eigenvalue weighted by Crippen LogP contribution is 2.17. The predicted octanol–water partition coefficient (Wildman–Crippen LogP) is 0.809. The van der Waals surface area contributed by atoms with E-state index in [9.17, 15) is 8.42 Å². The van der Waals surface area contributed by atoms with E-state index in [0.29, 0.717) is 25.5 Å². The molecule has 0 radical (unpaired) electrons. The average Bonchev–Trinajstić information content (AvgIpc) is 2.62. The molecular weight excluding hydrogens is 260 g/mol. The van der Waals surface area contributed by atoms with Gasteiger partial charge in [-0.1, -0.05) is 6.92 Å². The molecule has 0 atom stereocenters. The van der Waals surface area contributed by atoms with Crippen molar-refractivity contribution in [1.29, 1.82) is 0 Å². The van der Waals surface area contributed by atoms with Gasteiger partial charge in [-0.25, -0.2) is 12.7 Å². The molecule has 1 aromatic heterocycles. The van der Waals surface area contributed by atoms with E-state index in [1.165, 1.54) is 22.1 Å². The highest BCUT2D eigenvalue weighted by atomic mass is 32.2. The van der Waals surface area contributed by atoms with Crippen molar-refractivity contribution >= 4 is 32.4 Å². The van der Waals surface area contributed by atoms with Gasteiger partial charge in [-0.05, 0) is 18.0 Å². The van der Waals surface area contributed by atoms with Crippen molar-refractivity contribution in [2.24, 2.45) is 0 Å². The zero-order chi connectivity index (χ0) is 12.9. The first-order valence-electron chi connectivity index (χ1n) is 5.34. The lowest BCUT2D eigenvalue weighted by Gasteiger charge is -2.17. The fourth-order valence-electron chi connectivity index (χ4n) is 1.40. The van der Waals surface area contributed by atoms with Gasteiger partial charge in [-0.15, -0.1) is 0 Å². The molecule has 6 nitrogen and oxygen atoms in total. The van der Waals surface area contributed by atoms with E-state index in [1.54, 1.807) is 6.07 Å². The van der Waals surface area contributed by atoms with Crippen LogP contribution in [0.5, 0.6) is 0 Å². The van der Waals surface area contributed by atoms with Crippen LogP contribution < -0.4 is 11.1 Å². The summed E-state index contributed by atoms with van der Waals surface area (Å²) in [6.45, 7) is 3.56. The first-order chi connectivity index (χ1) is 7.93. The van der Waals surface area contributed by atoms with Gasteiger partial charge >= 0.3 is 0 Å². The number of nitrogens with two attached hydrogens (primary N) is 1. The van der Waals surface area contributed by atoms with Gasteiger partial charge in [0.2, 0.25) is 10.0 Å². The summed E-state index contributed by atoms with van der Waals surface area (Å²) in [6, 6.07) is 1.76. The van der Waals surface area contributed by atoms with Gasteiger partial charge in [-0.3, -0.25) is 0 Å². The van der Waals surface area contributed by atoms with Crippen LogP contribution in [0.4, 0.5) is 10.8 Å². The third-order valence-electron chi connectivity index (χ3n) is 2.23. The van der Waals surface area contributed by atoms with Crippen LogP contribution in [0.2, 0.25) is 0 Å². The van der Waals surface area contributed by atoms with Crippen molar-refractivity contribution in [2.45, 2.75) is 13.3 Å². The van der Waals surface area contributed by atoms with Crippen LogP contribution in [0.25, 0.3) is 0 Å². The highest BCUT2D eigenvalue weighted by molar-refractivity contribution is 7.88.